The minimum Gasteiger partial charge on any atom is -0.478 e. The van der Waals surface area contributed by atoms with Gasteiger partial charge in [0.1, 0.15) is 0 Å². The third kappa shape index (κ3) is 17.9. The third-order valence-corrected chi connectivity index (χ3v) is 6.54. The van der Waals surface area contributed by atoms with Crippen molar-refractivity contribution < 1.29 is 60.0 Å². The van der Waals surface area contributed by atoms with Crippen LogP contribution >= 0.6 is 0 Å². The largest absolute Gasteiger partial charge is 0.478 e. The topological polar surface area (TPSA) is 230 Å². The molecule has 0 saturated carbocycles. The van der Waals surface area contributed by atoms with Crippen LogP contribution < -0.4 is 0 Å². The summed E-state index contributed by atoms with van der Waals surface area (Å²) in [6.07, 6.45) is 0. The lowest BCUT2D eigenvalue weighted by Crippen LogP contribution is -2.37. The minimum absolute atomic E-state index is 0.339. The summed E-state index contributed by atoms with van der Waals surface area (Å²) >= 11 is 0. The molecule has 0 fully saturated rings. The Morgan fingerprint density at radius 2 is 0.510 bits per heavy atom. The van der Waals surface area contributed by atoms with Gasteiger partial charge in [0.2, 0.25) is 0 Å². The fourth-order valence-corrected chi connectivity index (χ4v) is 3.08. The molecule has 8 N–H and O–H groups in total. The van der Waals surface area contributed by atoms with Crippen molar-refractivity contribution in [2.45, 2.75) is 27.7 Å². The minimum atomic E-state index is -1.11. The number of rotatable bonds is 8. The molecular formula is C37H44O12. The fraction of sp³-hybridized carbons (Fsp3) is 0.243. The van der Waals surface area contributed by atoms with Crippen molar-refractivity contribution in [1.82, 2.24) is 0 Å². The van der Waals surface area contributed by atoms with E-state index in [1.165, 1.54) is 0 Å². The molecule has 4 aromatic rings. The Morgan fingerprint density at radius 1 is 0.367 bits per heavy atom. The van der Waals surface area contributed by atoms with Crippen LogP contribution in [0.4, 0.5) is 0 Å². The number of hydrogen-bond acceptors (Lipinski definition) is 8. The first-order valence-electron chi connectivity index (χ1n) is 14.7. The highest BCUT2D eigenvalue weighted by molar-refractivity contribution is 5.88. The summed E-state index contributed by atoms with van der Waals surface area (Å²) in [5, 5.41) is 67.9. The SMILES string of the molecule is Cc1ccc(C(=O)O)cc1.Cc1ccc(C(=O)O)cc1.Cc1ccc(C(=O)O)cc1.Cc1ccc(C(=O)O)cc1.OCC(CO)(CO)CO. The molecule has 0 heterocycles. The van der Waals surface area contributed by atoms with Crippen LogP contribution in [-0.2, 0) is 0 Å². The Hall–Kier alpha value is -5.40. The highest BCUT2D eigenvalue weighted by atomic mass is 16.4. The molecule has 0 aliphatic heterocycles. The first-order valence-corrected chi connectivity index (χ1v) is 14.7. The molecule has 0 amide bonds. The molecule has 0 bridgehead atoms. The summed E-state index contributed by atoms with van der Waals surface area (Å²) in [6, 6.07) is 27.0. The third-order valence-electron chi connectivity index (χ3n) is 6.54. The van der Waals surface area contributed by atoms with Gasteiger partial charge in [-0.05, 0) is 76.2 Å². The molecule has 0 spiro atoms. The number of aliphatic hydroxyl groups excluding tert-OH is 4. The van der Waals surface area contributed by atoms with E-state index >= 15 is 0 Å². The van der Waals surface area contributed by atoms with E-state index in [0.29, 0.717) is 22.3 Å². The molecular weight excluding hydrogens is 636 g/mol. The summed E-state index contributed by atoms with van der Waals surface area (Å²) in [5.41, 5.74) is 4.54. The molecule has 0 aliphatic rings. The maximum Gasteiger partial charge on any atom is 0.335 e. The van der Waals surface area contributed by atoms with Gasteiger partial charge >= 0.3 is 23.9 Å². The second-order valence-corrected chi connectivity index (χ2v) is 10.8. The standard InChI is InChI=1S/4C8H8O2.C5H12O4/c4*1-6-2-4-7(5-3-6)8(9)10;6-1-5(2-7,3-8)4-9/h4*2-5H,1H3,(H,9,10);6-9H,1-4H2. The predicted octanol–water partition coefficient (Wildman–Crippen LogP) is 4.71. The van der Waals surface area contributed by atoms with Gasteiger partial charge in [0.25, 0.3) is 0 Å². The van der Waals surface area contributed by atoms with Gasteiger partial charge in [-0.15, -0.1) is 0 Å². The molecule has 0 saturated heterocycles. The van der Waals surface area contributed by atoms with E-state index in [4.69, 9.17) is 40.9 Å². The molecule has 12 nitrogen and oxygen atoms in total. The molecule has 4 rings (SSSR count). The number of benzene rings is 4. The fourth-order valence-electron chi connectivity index (χ4n) is 3.08. The molecule has 12 heteroatoms. The van der Waals surface area contributed by atoms with E-state index in [-0.39, 0.29) is 0 Å². The van der Waals surface area contributed by atoms with Crippen molar-refractivity contribution in [2.75, 3.05) is 26.4 Å². The summed E-state index contributed by atoms with van der Waals surface area (Å²) in [5.74, 6) is -3.50. The average Bonchev–Trinajstić information content (AvgIpc) is 3.08. The molecule has 0 aromatic heterocycles. The van der Waals surface area contributed by atoms with E-state index in [2.05, 4.69) is 0 Å². The van der Waals surface area contributed by atoms with E-state index in [1.807, 2.05) is 27.7 Å². The van der Waals surface area contributed by atoms with Gasteiger partial charge in [0, 0.05) is 0 Å². The Bertz CT molecular complexity index is 1320. The molecule has 0 unspecified atom stereocenters. The summed E-state index contributed by atoms with van der Waals surface area (Å²) in [7, 11) is 0. The molecule has 49 heavy (non-hydrogen) atoms. The maximum absolute atomic E-state index is 10.3. The summed E-state index contributed by atoms with van der Waals surface area (Å²) < 4.78 is 0. The lowest BCUT2D eigenvalue weighted by atomic mass is 9.93. The summed E-state index contributed by atoms with van der Waals surface area (Å²) in [6.45, 7) is 6.06. The lowest BCUT2D eigenvalue weighted by Gasteiger charge is -2.23. The van der Waals surface area contributed by atoms with Crippen LogP contribution in [0.2, 0.25) is 0 Å². The number of aliphatic hydroxyl groups is 4. The van der Waals surface area contributed by atoms with Crippen molar-refractivity contribution in [2.24, 2.45) is 5.41 Å². The lowest BCUT2D eigenvalue weighted by molar-refractivity contribution is -0.0328. The predicted molar refractivity (Wildman–Crippen MR) is 183 cm³/mol. The first-order chi connectivity index (χ1) is 23.0. The van der Waals surface area contributed by atoms with Gasteiger partial charge in [0.05, 0.1) is 54.1 Å². The molecule has 0 atom stereocenters. The average molecular weight is 681 g/mol. The Kier molecular flexibility index (Phi) is 20.5. The van der Waals surface area contributed by atoms with Gasteiger partial charge in [-0.2, -0.15) is 0 Å². The van der Waals surface area contributed by atoms with Crippen molar-refractivity contribution >= 4 is 23.9 Å². The van der Waals surface area contributed by atoms with Crippen LogP contribution in [0.1, 0.15) is 63.7 Å². The van der Waals surface area contributed by atoms with Crippen LogP contribution in [0, 0.1) is 33.1 Å². The Balaban J connectivity index is 0.000000588. The number of aromatic carboxylic acids is 4. The monoisotopic (exact) mass is 680 g/mol. The summed E-state index contributed by atoms with van der Waals surface area (Å²) in [4.78, 5) is 41.2. The highest BCUT2D eigenvalue weighted by Crippen LogP contribution is 2.12. The number of carbonyl (C=O) groups is 4. The number of aryl methyl sites for hydroxylation is 4. The smallest absolute Gasteiger partial charge is 0.335 e. The van der Waals surface area contributed by atoms with Crippen LogP contribution in [0.15, 0.2) is 97.1 Å². The van der Waals surface area contributed by atoms with Crippen LogP contribution in [0.25, 0.3) is 0 Å². The van der Waals surface area contributed by atoms with Gasteiger partial charge in [-0.1, -0.05) is 70.8 Å². The molecule has 4 aromatic carbocycles. The second-order valence-electron chi connectivity index (χ2n) is 10.8. The zero-order chi connectivity index (χ0) is 37.6. The zero-order valence-electron chi connectivity index (χ0n) is 27.8. The van der Waals surface area contributed by atoms with Crippen molar-refractivity contribution in [1.29, 1.82) is 0 Å². The molecule has 0 radical (unpaired) electrons. The van der Waals surface area contributed by atoms with Crippen LogP contribution in [0.3, 0.4) is 0 Å². The molecule has 264 valence electrons. The van der Waals surface area contributed by atoms with Crippen molar-refractivity contribution in [3.05, 3.63) is 142 Å². The Labute approximate surface area is 284 Å². The van der Waals surface area contributed by atoms with Crippen LogP contribution in [0.5, 0.6) is 0 Å². The van der Waals surface area contributed by atoms with Crippen molar-refractivity contribution in [3.63, 3.8) is 0 Å². The van der Waals surface area contributed by atoms with E-state index in [1.54, 1.807) is 97.1 Å². The van der Waals surface area contributed by atoms with Gasteiger partial charge < -0.3 is 40.9 Å². The quantitative estimate of drug-likeness (QED) is 0.126. The second kappa shape index (κ2) is 23.0. The number of carboxylic acids is 4. The first kappa shape index (κ1) is 43.6. The van der Waals surface area contributed by atoms with Gasteiger partial charge in [-0.3, -0.25) is 0 Å². The zero-order valence-corrected chi connectivity index (χ0v) is 27.8. The van der Waals surface area contributed by atoms with E-state index in [0.717, 1.165) is 22.3 Å². The highest BCUT2D eigenvalue weighted by Gasteiger charge is 2.26. The number of carboxylic acid groups (broad SMARTS) is 4. The van der Waals surface area contributed by atoms with E-state index in [9.17, 15) is 19.2 Å². The van der Waals surface area contributed by atoms with Gasteiger partial charge in [-0.25, -0.2) is 19.2 Å². The number of hydrogen-bond donors (Lipinski definition) is 8. The Morgan fingerprint density at radius 3 is 0.592 bits per heavy atom. The van der Waals surface area contributed by atoms with Gasteiger partial charge in [0.15, 0.2) is 0 Å². The van der Waals surface area contributed by atoms with Crippen LogP contribution in [-0.4, -0.2) is 91.2 Å². The maximum atomic E-state index is 10.3. The normalized spacial score (nSPS) is 9.80. The molecule has 0 aliphatic carbocycles. The van der Waals surface area contributed by atoms with Crippen molar-refractivity contribution in [3.8, 4) is 0 Å². The van der Waals surface area contributed by atoms with E-state index < -0.39 is 55.7 Å².